The van der Waals surface area contributed by atoms with Crippen molar-refractivity contribution in [1.29, 1.82) is 0 Å². The van der Waals surface area contributed by atoms with E-state index in [4.69, 9.17) is 4.74 Å². The highest BCUT2D eigenvalue weighted by atomic mass is 32.2. The van der Waals surface area contributed by atoms with Gasteiger partial charge >= 0.3 is 0 Å². The molecular weight excluding hydrogens is 358 g/mol. The molecule has 1 fully saturated rings. The zero-order valence-electron chi connectivity index (χ0n) is 14.8. The first-order valence-electron chi connectivity index (χ1n) is 8.14. The third kappa shape index (κ3) is 3.06. The Hall–Kier alpha value is -2.46. The van der Waals surface area contributed by atoms with Gasteiger partial charge in [0.2, 0.25) is 21.9 Å². The van der Waals surface area contributed by atoms with Crippen LogP contribution in [0.1, 0.15) is 20.3 Å². The number of para-hydroxylation sites is 1. The van der Waals surface area contributed by atoms with E-state index in [9.17, 15) is 13.2 Å². The van der Waals surface area contributed by atoms with Crippen LogP contribution in [0.5, 0.6) is 5.75 Å². The molecule has 1 saturated heterocycles. The van der Waals surface area contributed by atoms with E-state index in [1.54, 1.807) is 19.2 Å². The van der Waals surface area contributed by atoms with Crippen molar-refractivity contribution in [3.05, 3.63) is 24.3 Å². The Labute approximate surface area is 151 Å². The molecule has 140 valence electrons. The molecule has 1 aromatic heterocycles. The van der Waals surface area contributed by atoms with Crippen LogP contribution in [-0.4, -0.2) is 58.8 Å². The molecule has 0 unspecified atom stereocenters. The largest absolute Gasteiger partial charge is 0.496 e. The number of amides is 1. The van der Waals surface area contributed by atoms with Crippen LogP contribution in [0.2, 0.25) is 0 Å². The normalized spacial score (nSPS) is 15.3. The van der Waals surface area contributed by atoms with Gasteiger partial charge in [0.1, 0.15) is 5.75 Å². The number of aromatic amines is 1. The molecule has 1 aliphatic rings. The molecule has 2 aromatic rings. The third-order valence-corrected chi connectivity index (χ3v) is 6.94. The SMILES string of the molecule is COc1ccccc1-c1nc(NC(=O)C(C)(C)S(=O)(=O)N2CCC2)n[nH]1. The van der Waals surface area contributed by atoms with Gasteiger partial charge in [-0.2, -0.15) is 4.98 Å². The van der Waals surface area contributed by atoms with Gasteiger partial charge in [0.25, 0.3) is 0 Å². The second kappa shape index (κ2) is 6.69. The third-order valence-electron chi connectivity index (χ3n) is 4.42. The average molecular weight is 379 g/mol. The van der Waals surface area contributed by atoms with Crippen molar-refractivity contribution in [1.82, 2.24) is 19.5 Å². The summed E-state index contributed by atoms with van der Waals surface area (Å²) in [6.45, 7) is 3.64. The monoisotopic (exact) mass is 379 g/mol. The molecule has 2 N–H and O–H groups in total. The highest BCUT2D eigenvalue weighted by molar-refractivity contribution is 7.91. The molecule has 26 heavy (non-hydrogen) atoms. The lowest BCUT2D eigenvalue weighted by Crippen LogP contribution is -2.55. The number of aromatic nitrogens is 3. The van der Waals surface area contributed by atoms with Gasteiger partial charge in [-0.15, -0.1) is 5.10 Å². The van der Waals surface area contributed by atoms with Crippen LogP contribution in [0.3, 0.4) is 0 Å². The zero-order chi connectivity index (χ0) is 18.9. The van der Waals surface area contributed by atoms with Crippen molar-refractivity contribution in [2.75, 3.05) is 25.5 Å². The van der Waals surface area contributed by atoms with E-state index in [0.29, 0.717) is 30.2 Å². The second-order valence-electron chi connectivity index (χ2n) is 6.43. The maximum atomic E-state index is 12.6. The summed E-state index contributed by atoms with van der Waals surface area (Å²) in [5.41, 5.74) is 0.676. The molecule has 0 spiro atoms. The van der Waals surface area contributed by atoms with Crippen LogP contribution in [0.15, 0.2) is 24.3 Å². The van der Waals surface area contributed by atoms with Crippen molar-refractivity contribution >= 4 is 21.9 Å². The molecule has 2 heterocycles. The van der Waals surface area contributed by atoms with Gasteiger partial charge in [-0.05, 0) is 32.4 Å². The fraction of sp³-hybridized carbons (Fsp3) is 0.438. The maximum absolute atomic E-state index is 12.6. The van der Waals surface area contributed by atoms with Crippen LogP contribution in [0, 0.1) is 0 Å². The van der Waals surface area contributed by atoms with Crippen molar-refractivity contribution in [3.63, 3.8) is 0 Å². The van der Waals surface area contributed by atoms with Crippen molar-refractivity contribution in [2.45, 2.75) is 25.0 Å². The number of carbonyl (C=O) groups is 1. The quantitative estimate of drug-likeness (QED) is 0.780. The highest BCUT2D eigenvalue weighted by Crippen LogP contribution is 2.28. The lowest BCUT2D eigenvalue weighted by Gasteiger charge is -2.36. The number of H-pyrrole nitrogens is 1. The van der Waals surface area contributed by atoms with E-state index >= 15 is 0 Å². The lowest BCUT2D eigenvalue weighted by molar-refractivity contribution is -0.118. The van der Waals surface area contributed by atoms with E-state index in [2.05, 4.69) is 20.5 Å². The number of anilines is 1. The number of nitrogens with zero attached hydrogens (tertiary/aromatic N) is 3. The summed E-state index contributed by atoms with van der Waals surface area (Å²) >= 11 is 0. The Balaban J connectivity index is 1.79. The van der Waals surface area contributed by atoms with Crippen molar-refractivity contribution in [3.8, 4) is 17.1 Å². The first kappa shape index (κ1) is 18.3. The molecule has 0 atom stereocenters. The minimum atomic E-state index is -3.74. The van der Waals surface area contributed by atoms with E-state index in [0.717, 1.165) is 6.42 Å². The smallest absolute Gasteiger partial charge is 0.249 e. The summed E-state index contributed by atoms with van der Waals surface area (Å²) in [5, 5.41) is 9.15. The summed E-state index contributed by atoms with van der Waals surface area (Å²) < 4.78 is 30.1. The van der Waals surface area contributed by atoms with Gasteiger partial charge in [-0.1, -0.05) is 12.1 Å². The van der Waals surface area contributed by atoms with Gasteiger partial charge < -0.3 is 4.74 Å². The molecule has 10 heteroatoms. The molecular formula is C16H21N5O4S. The predicted molar refractivity (Wildman–Crippen MR) is 96.2 cm³/mol. The number of carbonyl (C=O) groups excluding carboxylic acids is 1. The second-order valence-corrected chi connectivity index (χ2v) is 8.92. The van der Waals surface area contributed by atoms with Gasteiger partial charge in [0.15, 0.2) is 10.6 Å². The number of nitrogens with one attached hydrogen (secondary N) is 2. The molecule has 0 radical (unpaired) electrons. The zero-order valence-corrected chi connectivity index (χ0v) is 15.6. The number of hydrogen-bond donors (Lipinski definition) is 2. The standard InChI is InChI=1S/C16H21N5O4S/c1-16(2,26(23,24)21-9-6-10-21)14(22)18-15-17-13(19-20-15)11-7-4-5-8-12(11)25-3/h4-5,7-8H,6,9-10H2,1-3H3,(H2,17,18,19,20,22). The van der Waals surface area contributed by atoms with E-state index < -0.39 is 20.7 Å². The number of sulfonamides is 1. The summed E-state index contributed by atoms with van der Waals surface area (Å²) in [6, 6.07) is 7.22. The summed E-state index contributed by atoms with van der Waals surface area (Å²) in [6.07, 6.45) is 0.806. The minimum absolute atomic E-state index is 0.00258. The van der Waals surface area contributed by atoms with Crippen LogP contribution >= 0.6 is 0 Å². The van der Waals surface area contributed by atoms with Gasteiger partial charge in [0, 0.05) is 13.1 Å². The number of hydrogen-bond acceptors (Lipinski definition) is 6. The van der Waals surface area contributed by atoms with Crippen molar-refractivity contribution < 1.29 is 17.9 Å². The van der Waals surface area contributed by atoms with E-state index in [1.165, 1.54) is 18.2 Å². The highest BCUT2D eigenvalue weighted by Gasteiger charge is 2.47. The lowest BCUT2D eigenvalue weighted by atomic mass is 10.2. The van der Waals surface area contributed by atoms with E-state index in [-0.39, 0.29) is 5.95 Å². The predicted octanol–water partition coefficient (Wildman–Crippen LogP) is 1.23. The molecule has 9 nitrogen and oxygen atoms in total. The van der Waals surface area contributed by atoms with Gasteiger partial charge in [-0.3, -0.25) is 15.2 Å². The Kier molecular flexibility index (Phi) is 4.72. The Morgan fingerprint density at radius 2 is 2.00 bits per heavy atom. The molecule has 0 saturated carbocycles. The van der Waals surface area contributed by atoms with Gasteiger partial charge in [-0.25, -0.2) is 12.7 Å². The molecule has 1 amide bonds. The van der Waals surface area contributed by atoms with Crippen LogP contribution in [-0.2, 0) is 14.8 Å². The Bertz CT molecular complexity index is 918. The Morgan fingerprint density at radius 1 is 1.31 bits per heavy atom. The first-order chi connectivity index (χ1) is 12.3. The Morgan fingerprint density at radius 3 is 2.62 bits per heavy atom. The summed E-state index contributed by atoms with van der Waals surface area (Å²) in [5.74, 6) is 0.321. The van der Waals surface area contributed by atoms with Crippen LogP contribution in [0.4, 0.5) is 5.95 Å². The number of ether oxygens (including phenoxy) is 1. The molecule has 1 aliphatic heterocycles. The van der Waals surface area contributed by atoms with Crippen LogP contribution in [0.25, 0.3) is 11.4 Å². The van der Waals surface area contributed by atoms with E-state index in [1.807, 2.05) is 12.1 Å². The summed E-state index contributed by atoms with van der Waals surface area (Å²) in [4.78, 5) is 16.8. The fourth-order valence-corrected chi connectivity index (χ4v) is 4.17. The number of benzene rings is 1. The first-order valence-corrected chi connectivity index (χ1v) is 9.58. The molecule has 0 aliphatic carbocycles. The van der Waals surface area contributed by atoms with Gasteiger partial charge in [0.05, 0.1) is 12.7 Å². The maximum Gasteiger partial charge on any atom is 0.249 e. The number of rotatable bonds is 6. The van der Waals surface area contributed by atoms with Crippen molar-refractivity contribution in [2.24, 2.45) is 0 Å². The fourth-order valence-electron chi connectivity index (χ4n) is 2.50. The summed E-state index contributed by atoms with van der Waals surface area (Å²) in [7, 11) is -2.20. The molecule has 3 rings (SSSR count). The number of methoxy groups -OCH3 is 1. The molecule has 0 bridgehead atoms. The molecule has 1 aromatic carbocycles. The topological polar surface area (TPSA) is 117 Å². The van der Waals surface area contributed by atoms with Crippen LogP contribution < -0.4 is 10.1 Å². The average Bonchev–Trinajstić information content (AvgIpc) is 3.00. The minimum Gasteiger partial charge on any atom is -0.496 e.